The van der Waals surface area contributed by atoms with Gasteiger partial charge in [-0.2, -0.15) is 11.3 Å². The Bertz CT molecular complexity index is 781. The Hall–Kier alpha value is -2.87. The normalized spacial score (nSPS) is 14.2. The van der Waals surface area contributed by atoms with Crippen LogP contribution in [0.4, 0.5) is 4.79 Å². The highest BCUT2D eigenvalue weighted by Crippen LogP contribution is 2.12. The fraction of sp³-hybridized carbons (Fsp3) is 0.278. The number of amides is 3. The second-order valence-corrected chi connectivity index (χ2v) is 6.73. The molecular weight excluding hydrogens is 354 g/mol. The van der Waals surface area contributed by atoms with Gasteiger partial charge in [-0.3, -0.25) is 4.79 Å². The topological polar surface area (TPSA) is 89.9 Å². The Morgan fingerprint density at radius 1 is 0.962 bits per heavy atom. The minimum Gasteiger partial charge on any atom is -0.478 e. The molecule has 1 aliphatic rings. The maximum Gasteiger partial charge on any atom is 0.335 e. The average molecular weight is 373 g/mol. The fourth-order valence-electron chi connectivity index (χ4n) is 2.74. The first-order chi connectivity index (χ1) is 12.5. The summed E-state index contributed by atoms with van der Waals surface area (Å²) in [7, 11) is 0. The number of rotatable bonds is 4. The van der Waals surface area contributed by atoms with E-state index in [0.29, 0.717) is 38.3 Å². The number of thiophene rings is 1. The zero-order valence-corrected chi connectivity index (χ0v) is 14.9. The quantitative estimate of drug-likeness (QED) is 0.859. The van der Waals surface area contributed by atoms with Crippen molar-refractivity contribution >= 4 is 29.2 Å². The van der Waals surface area contributed by atoms with Crippen molar-refractivity contribution < 1.29 is 19.5 Å². The molecule has 1 aromatic carbocycles. The SMILES string of the molecule is O=C(O)c1ccc(CNC(=O)N2CCN(C(=O)c3ccsc3)CC2)cc1. The molecule has 1 aromatic heterocycles. The largest absolute Gasteiger partial charge is 0.478 e. The number of carboxylic acid groups (broad SMARTS) is 1. The van der Waals surface area contributed by atoms with E-state index in [9.17, 15) is 14.4 Å². The lowest BCUT2D eigenvalue weighted by Crippen LogP contribution is -2.53. The summed E-state index contributed by atoms with van der Waals surface area (Å²) in [4.78, 5) is 38.8. The van der Waals surface area contributed by atoms with E-state index in [0.717, 1.165) is 5.56 Å². The van der Waals surface area contributed by atoms with Crippen LogP contribution in [0.25, 0.3) is 0 Å². The predicted octanol–water partition coefficient (Wildman–Crippen LogP) is 2.11. The molecule has 3 rings (SSSR count). The molecule has 0 radical (unpaired) electrons. The molecule has 136 valence electrons. The van der Waals surface area contributed by atoms with Gasteiger partial charge in [0.2, 0.25) is 0 Å². The molecule has 0 unspecified atom stereocenters. The van der Waals surface area contributed by atoms with Gasteiger partial charge in [-0.05, 0) is 29.1 Å². The Labute approximate surface area is 154 Å². The van der Waals surface area contributed by atoms with Gasteiger partial charge >= 0.3 is 12.0 Å². The van der Waals surface area contributed by atoms with Gasteiger partial charge in [0.1, 0.15) is 0 Å². The van der Waals surface area contributed by atoms with E-state index in [-0.39, 0.29) is 17.5 Å². The second-order valence-electron chi connectivity index (χ2n) is 5.95. The van der Waals surface area contributed by atoms with Crippen molar-refractivity contribution in [2.24, 2.45) is 0 Å². The Morgan fingerprint density at radius 3 is 2.19 bits per heavy atom. The van der Waals surface area contributed by atoms with Crippen molar-refractivity contribution in [3.8, 4) is 0 Å². The van der Waals surface area contributed by atoms with Crippen LogP contribution in [0.1, 0.15) is 26.3 Å². The highest BCUT2D eigenvalue weighted by Gasteiger charge is 2.24. The number of nitrogens with zero attached hydrogens (tertiary/aromatic N) is 2. The minimum absolute atomic E-state index is 0.00447. The van der Waals surface area contributed by atoms with Crippen LogP contribution in [-0.2, 0) is 6.54 Å². The number of urea groups is 1. The van der Waals surface area contributed by atoms with Gasteiger partial charge in [0.15, 0.2) is 0 Å². The fourth-order valence-corrected chi connectivity index (χ4v) is 3.37. The van der Waals surface area contributed by atoms with Crippen LogP contribution in [-0.4, -0.2) is 59.0 Å². The molecule has 0 aliphatic carbocycles. The van der Waals surface area contributed by atoms with E-state index >= 15 is 0 Å². The third-order valence-corrected chi connectivity index (χ3v) is 4.95. The number of carbonyl (C=O) groups is 3. The lowest BCUT2D eigenvalue weighted by molar-refractivity contribution is 0.0664. The van der Waals surface area contributed by atoms with Crippen LogP contribution in [0.2, 0.25) is 0 Å². The van der Waals surface area contributed by atoms with Crippen LogP contribution in [0.3, 0.4) is 0 Å². The number of hydrogen-bond donors (Lipinski definition) is 2. The lowest BCUT2D eigenvalue weighted by atomic mass is 10.1. The van der Waals surface area contributed by atoms with E-state index in [2.05, 4.69) is 5.32 Å². The summed E-state index contributed by atoms with van der Waals surface area (Å²) in [5, 5.41) is 15.4. The third kappa shape index (κ3) is 4.20. The molecule has 8 heteroatoms. The zero-order chi connectivity index (χ0) is 18.5. The Balaban J connectivity index is 1.46. The number of piperazine rings is 1. The summed E-state index contributed by atoms with van der Waals surface area (Å²) in [6.07, 6.45) is 0. The second kappa shape index (κ2) is 8.01. The van der Waals surface area contributed by atoms with Crippen LogP contribution >= 0.6 is 11.3 Å². The van der Waals surface area contributed by atoms with Crippen LogP contribution in [0, 0.1) is 0 Å². The maximum absolute atomic E-state index is 12.3. The molecule has 1 aliphatic heterocycles. The standard InChI is InChI=1S/C18H19N3O4S/c22-16(15-5-10-26-12-15)20-6-8-21(9-7-20)18(25)19-11-13-1-3-14(4-2-13)17(23)24/h1-5,10,12H,6-9,11H2,(H,19,25)(H,23,24). The van der Waals surface area contributed by atoms with Crippen molar-refractivity contribution in [3.05, 3.63) is 57.8 Å². The van der Waals surface area contributed by atoms with E-state index < -0.39 is 5.97 Å². The first kappa shape index (κ1) is 17.9. The molecule has 26 heavy (non-hydrogen) atoms. The molecule has 2 N–H and O–H groups in total. The first-order valence-electron chi connectivity index (χ1n) is 8.21. The van der Waals surface area contributed by atoms with Crippen LogP contribution in [0.5, 0.6) is 0 Å². The minimum atomic E-state index is -0.976. The monoisotopic (exact) mass is 373 g/mol. The van der Waals surface area contributed by atoms with Gasteiger partial charge in [0.25, 0.3) is 5.91 Å². The van der Waals surface area contributed by atoms with E-state index in [1.54, 1.807) is 21.9 Å². The predicted molar refractivity (Wildman–Crippen MR) is 97.4 cm³/mol. The molecule has 7 nitrogen and oxygen atoms in total. The summed E-state index contributed by atoms with van der Waals surface area (Å²) in [5.74, 6) is -0.972. The van der Waals surface area contributed by atoms with Crippen molar-refractivity contribution in [1.82, 2.24) is 15.1 Å². The first-order valence-corrected chi connectivity index (χ1v) is 9.15. The van der Waals surface area contributed by atoms with Gasteiger partial charge in [-0.1, -0.05) is 12.1 Å². The summed E-state index contributed by atoms with van der Waals surface area (Å²) in [6, 6.07) is 8.01. The maximum atomic E-state index is 12.3. The summed E-state index contributed by atoms with van der Waals surface area (Å²) in [6.45, 7) is 2.32. The molecule has 0 bridgehead atoms. The van der Waals surface area contributed by atoms with Crippen LogP contribution in [0.15, 0.2) is 41.1 Å². The van der Waals surface area contributed by atoms with E-state index in [1.165, 1.54) is 23.5 Å². The highest BCUT2D eigenvalue weighted by atomic mass is 32.1. The molecule has 3 amide bonds. The molecule has 2 aromatic rings. The summed E-state index contributed by atoms with van der Waals surface area (Å²) in [5.41, 5.74) is 1.74. The van der Waals surface area contributed by atoms with Crippen LogP contribution < -0.4 is 5.32 Å². The number of benzene rings is 1. The number of hydrogen-bond acceptors (Lipinski definition) is 4. The third-order valence-electron chi connectivity index (χ3n) is 4.27. The number of nitrogens with one attached hydrogen (secondary N) is 1. The molecule has 1 fully saturated rings. The summed E-state index contributed by atoms with van der Waals surface area (Å²) >= 11 is 1.49. The van der Waals surface area contributed by atoms with Crippen molar-refractivity contribution in [3.63, 3.8) is 0 Å². The van der Waals surface area contributed by atoms with Gasteiger partial charge in [-0.25, -0.2) is 9.59 Å². The Kier molecular flexibility index (Phi) is 5.52. The number of carbonyl (C=O) groups excluding carboxylic acids is 2. The summed E-state index contributed by atoms with van der Waals surface area (Å²) < 4.78 is 0. The molecule has 0 saturated carbocycles. The Morgan fingerprint density at radius 2 is 1.62 bits per heavy atom. The number of carboxylic acids is 1. The van der Waals surface area contributed by atoms with E-state index in [4.69, 9.17) is 5.11 Å². The zero-order valence-electron chi connectivity index (χ0n) is 14.1. The number of aromatic carboxylic acids is 1. The molecule has 0 spiro atoms. The molecule has 1 saturated heterocycles. The molecule has 0 atom stereocenters. The molecular formula is C18H19N3O4S. The van der Waals surface area contributed by atoms with Crippen molar-refractivity contribution in [2.75, 3.05) is 26.2 Å². The van der Waals surface area contributed by atoms with Crippen molar-refractivity contribution in [1.29, 1.82) is 0 Å². The lowest BCUT2D eigenvalue weighted by Gasteiger charge is -2.34. The molecule has 2 heterocycles. The average Bonchev–Trinajstić information content (AvgIpc) is 3.20. The highest BCUT2D eigenvalue weighted by molar-refractivity contribution is 7.08. The van der Waals surface area contributed by atoms with Gasteiger partial charge < -0.3 is 20.2 Å². The van der Waals surface area contributed by atoms with E-state index in [1.807, 2.05) is 16.8 Å². The smallest absolute Gasteiger partial charge is 0.335 e. The van der Waals surface area contributed by atoms with Crippen molar-refractivity contribution in [2.45, 2.75) is 6.54 Å². The van der Waals surface area contributed by atoms with Gasteiger partial charge in [0, 0.05) is 38.1 Å². The van der Waals surface area contributed by atoms with Gasteiger partial charge in [-0.15, -0.1) is 0 Å². The van der Waals surface area contributed by atoms with Gasteiger partial charge in [0.05, 0.1) is 11.1 Å².